The van der Waals surface area contributed by atoms with Crippen LogP contribution < -0.4 is 11.1 Å². The largest absolute Gasteiger partial charge is 0.462 e. The number of nitrogen functional groups attached to an aromatic ring is 1. The second kappa shape index (κ2) is 6.21. The molecule has 3 N–H and O–H groups in total. The number of hydrogen-bond donors (Lipinski definition) is 2. The molecule has 0 fully saturated rings. The third-order valence-electron chi connectivity index (χ3n) is 2.74. The van der Waals surface area contributed by atoms with Crippen LogP contribution in [0.2, 0.25) is 0 Å². The molecule has 0 aliphatic carbocycles. The van der Waals surface area contributed by atoms with Gasteiger partial charge in [-0.05, 0) is 31.2 Å². The maximum Gasteiger partial charge on any atom is 0.340 e. The van der Waals surface area contributed by atoms with Gasteiger partial charge >= 0.3 is 5.97 Å². The maximum absolute atomic E-state index is 13.2. The van der Waals surface area contributed by atoms with Crippen LogP contribution in [0.5, 0.6) is 0 Å². The molecule has 0 saturated heterocycles. The predicted octanol–water partition coefficient (Wildman–Crippen LogP) is 3.47. The van der Waals surface area contributed by atoms with Gasteiger partial charge in [0.2, 0.25) is 0 Å². The quantitative estimate of drug-likeness (QED) is 0.669. The summed E-state index contributed by atoms with van der Waals surface area (Å²) in [6.45, 7) is 1.91. The molecule has 110 valence electrons. The number of hydrogen-bond acceptors (Lipinski definition) is 4. The van der Waals surface area contributed by atoms with Crippen molar-refractivity contribution in [2.24, 2.45) is 0 Å². The summed E-state index contributed by atoms with van der Waals surface area (Å²) >= 11 is 0. The number of esters is 1. The molecule has 0 spiro atoms. The second-order valence-corrected chi connectivity index (χ2v) is 4.27. The standard InChI is InChI=1S/C15H14F2N2O2/c1-2-21-15(20)12-4-3-5-13(14(12)18)19-11-7-9(16)6-10(17)8-11/h3-8,19H,2,18H2,1H3. The van der Waals surface area contributed by atoms with Gasteiger partial charge < -0.3 is 15.8 Å². The number of rotatable bonds is 4. The fourth-order valence-electron chi connectivity index (χ4n) is 1.84. The Labute approximate surface area is 120 Å². The molecule has 0 aliphatic rings. The number of ether oxygens (including phenoxy) is 1. The van der Waals surface area contributed by atoms with Crippen molar-refractivity contribution in [2.45, 2.75) is 6.92 Å². The minimum Gasteiger partial charge on any atom is -0.462 e. The molecular formula is C15H14F2N2O2. The van der Waals surface area contributed by atoms with Crippen LogP contribution in [0.4, 0.5) is 25.8 Å². The van der Waals surface area contributed by atoms with E-state index in [1.54, 1.807) is 19.1 Å². The van der Waals surface area contributed by atoms with Crippen LogP contribution in [0.3, 0.4) is 0 Å². The van der Waals surface area contributed by atoms with Gasteiger partial charge in [-0.15, -0.1) is 0 Å². The topological polar surface area (TPSA) is 64.3 Å². The lowest BCUT2D eigenvalue weighted by Crippen LogP contribution is -2.09. The monoisotopic (exact) mass is 292 g/mol. The van der Waals surface area contributed by atoms with Crippen molar-refractivity contribution in [3.8, 4) is 0 Å². The van der Waals surface area contributed by atoms with Gasteiger partial charge in [-0.3, -0.25) is 0 Å². The highest BCUT2D eigenvalue weighted by molar-refractivity contribution is 5.98. The van der Waals surface area contributed by atoms with Crippen molar-refractivity contribution in [2.75, 3.05) is 17.7 Å². The number of anilines is 3. The summed E-state index contributed by atoms with van der Waals surface area (Å²) in [6, 6.07) is 7.73. The van der Waals surface area contributed by atoms with E-state index in [1.165, 1.54) is 6.07 Å². The maximum atomic E-state index is 13.2. The number of para-hydroxylation sites is 1. The number of benzene rings is 2. The molecule has 0 aromatic heterocycles. The fourth-order valence-corrected chi connectivity index (χ4v) is 1.84. The number of halogens is 2. The zero-order valence-electron chi connectivity index (χ0n) is 11.3. The zero-order valence-corrected chi connectivity index (χ0v) is 11.3. The SMILES string of the molecule is CCOC(=O)c1cccc(Nc2cc(F)cc(F)c2)c1N. The molecule has 0 aliphatic heterocycles. The van der Waals surface area contributed by atoms with Crippen LogP contribution in [0, 0.1) is 11.6 Å². The summed E-state index contributed by atoms with van der Waals surface area (Å²) in [4.78, 5) is 11.7. The van der Waals surface area contributed by atoms with Crippen LogP contribution in [0.25, 0.3) is 0 Å². The van der Waals surface area contributed by atoms with E-state index in [1.807, 2.05) is 0 Å². The molecule has 2 aromatic rings. The molecule has 2 rings (SSSR count). The van der Waals surface area contributed by atoms with E-state index in [2.05, 4.69) is 5.32 Å². The van der Waals surface area contributed by atoms with E-state index >= 15 is 0 Å². The lowest BCUT2D eigenvalue weighted by atomic mass is 10.1. The predicted molar refractivity (Wildman–Crippen MR) is 76.5 cm³/mol. The first-order valence-electron chi connectivity index (χ1n) is 6.30. The molecule has 6 heteroatoms. The molecule has 0 amide bonds. The molecule has 0 bridgehead atoms. The van der Waals surface area contributed by atoms with Gasteiger partial charge in [0, 0.05) is 11.8 Å². The zero-order chi connectivity index (χ0) is 15.4. The Morgan fingerprint density at radius 2 is 1.90 bits per heavy atom. The van der Waals surface area contributed by atoms with Gasteiger partial charge in [0.05, 0.1) is 23.5 Å². The van der Waals surface area contributed by atoms with Crippen LogP contribution in [-0.4, -0.2) is 12.6 Å². The van der Waals surface area contributed by atoms with Crippen LogP contribution in [0.15, 0.2) is 36.4 Å². The smallest absolute Gasteiger partial charge is 0.340 e. The normalized spacial score (nSPS) is 10.2. The molecule has 0 heterocycles. The fraction of sp³-hybridized carbons (Fsp3) is 0.133. The first kappa shape index (κ1) is 14.8. The summed E-state index contributed by atoms with van der Waals surface area (Å²) < 4.78 is 31.2. The molecule has 0 radical (unpaired) electrons. The molecule has 2 aromatic carbocycles. The van der Waals surface area contributed by atoms with E-state index in [-0.39, 0.29) is 23.5 Å². The Bertz CT molecular complexity index is 654. The van der Waals surface area contributed by atoms with E-state index in [9.17, 15) is 13.6 Å². The van der Waals surface area contributed by atoms with Gasteiger partial charge in [0.15, 0.2) is 0 Å². The van der Waals surface area contributed by atoms with Crippen molar-refractivity contribution in [3.63, 3.8) is 0 Å². The number of carbonyl (C=O) groups is 1. The Kier molecular flexibility index (Phi) is 4.37. The van der Waals surface area contributed by atoms with Crippen molar-refractivity contribution in [1.82, 2.24) is 0 Å². The average molecular weight is 292 g/mol. The van der Waals surface area contributed by atoms with Gasteiger partial charge in [0.1, 0.15) is 11.6 Å². The van der Waals surface area contributed by atoms with Gasteiger partial charge in [0.25, 0.3) is 0 Å². The summed E-state index contributed by atoms with van der Waals surface area (Å²) in [7, 11) is 0. The molecular weight excluding hydrogens is 278 g/mol. The second-order valence-electron chi connectivity index (χ2n) is 4.27. The average Bonchev–Trinajstić information content (AvgIpc) is 2.40. The molecule has 21 heavy (non-hydrogen) atoms. The van der Waals surface area contributed by atoms with Gasteiger partial charge in [-0.25, -0.2) is 13.6 Å². The van der Waals surface area contributed by atoms with E-state index in [0.717, 1.165) is 18.2 Å². The Balaban J connectivity index is 2.32. The number of nitrogens with one attached hydrogen (secondary N) is 1. The van der Waals surface area contributed by atoms with Crippen molar-refractivity contribution in [3.05, 3.63) is 53.6 Å². The molecule has 0 saturated carbocycles. The first-order chi connectivity index (χ1) is 10.0. The number of nitrogens with two attached hydrogens (primary N) is 1. The van der Waals surface area contributed by atoms with Crippen LogP contribution >= 0.6 is 0 Å². The van der Waals surface area contributed by atoms with Crippen molar-refractivity contribution >= 4 is 23.0 Å². The highest BCUT2D eigenvalue weighted by Crippen LogP contribution is 2.27. The third-order valence-corrected chi connectivity index (χ3v) is 2.74. The van der Waals surface area contributed by atoms with Crippen LogP contribution in [-0.2, 0) is 4.74 Å². The lowest BCUT2D eigenvalue weighted by molar-refractivity contribution is 0.0527. The minimum atomic E-state index is -0.711. The highest BCUT2D eigenvalue weighted by atomic mass is 19.1. The lowest BCUT2D eigenvalue weighted by Gasteiger charge is -2.12. The number of carbonyl (C=O) groups excluding carboxylic acids is 1. The van der Waals surface area contributed by atoms with E-state index in [4.69, 9.17) is 10.5 Å². The van der Waals surface area contributed by atoms with Gasteiger partial charge in [-0.1, -0.05) is 6.07 Å². The summed E-state index contributed by atoms with van der Waals surface area (Å²) in [5.74, 6) is -1.97. The molecule has 0 unspecified atom stereocenters. The van der Waals surface area contributed by atoms with Crippen LogP contribution in [0.1, 0.15) is 17.3 Å². The van der Waals surface area contributed by atoms with Crippen molar-refractivity contribution < 1.29 is 18.3 Å². The Morgan fingerprint density at radius 1 is 1.24 bits per heavy atom. The summed E-state index contributed by atoms with van der Waals surface area (Å²) in [5, 5.41) is 2.78. The third kappa shape index (κ3) is 3.47. The highest BCUT2D eigenvalue weighted by Gasteiger charge is 2.13. The van der Waals surface area contributed by atoms with E-state index in [0.29, 0.717) is 5.69 Å². The van der Waals surface area contributed by atoms with Gasteiger partial charge in [-0.2, -0.15) is 0 Å². The summed E-state index contributed by atoms with van der Waals surface area (Å²) in [5.41, 5.74) is 6.80. The van der Waals surface area contributed by atoms with E-state index < -0.39 is 17.6 Å². The molecule has 4 nitrogen and oxygen atoms in total. The Morgan fingerprint density at radius 3 is 2.52 bits per heavy atom. The first-order valence-corrected chi connectivity index (χ1v) is 6.30. The Hall–Kier alpha value is -2.63. The molecule has 0 atom stereocenters. The summed E-state index contributed by atoms with van der Waals surface area (Å²) in [6.07, 6.45) is 0. The minimum absolute atomic E-state index is 0.153. The van der Waals surface area contributed by atoms with Crippen molar-refractivity contribution in [1.29, 1.82) is 0 Å².